The van der Waals surface area contributed by atoms with Crippen LogP contribution >= 0.6 is 0 Å². The number of nitrogens with zero attached hydrogens (tertiary/aromatic N) is 1. The molecular formula is C31H35NO10. The Labute approximate surface area is 243 Å². The second-order valence-electron chi connectivity index (χ2n) is 12.0. The van der Waals surface area contributed by atoms with Gasteiger partial charge in [-0.05, 0) is 57.1 Å². The molecule has 2 aliphatic carbocycles. The van der Waals surface area contributed by atoms with Gasteiger partial charge in [-0.2, -0.15) is 0 Å². The van der Waals surface area contributed by atoms with Crippen molar-refractivity contribution in [2.75, 3.05) is 20.7 Å². The highest BCUT2D eigenvalue weighted by Gasteiger charge is 2.46. The van der Waals surface area contributed by atoms with Gasteiger partial charge >= 0.3 is 11.9 Å². The molecule has 1 aliphatic heterocycles. The third kappa shape index (κ3) is 4.80. The average Bonchev–Trinajstić information content (AvgIpc) is 2.87. The smallest absolute Gasteiger partial charge is 0.303 e. The van der Waals surface area contributed by atoms with E-state index in [1.807, 2.05) is 0 Å². The fourth-order valence-electron chi connectivity index (χ4n) is 6.63. The number of fused-ring (bicyclic) bond motifs is 5. The van der Waals surface area contributed by atoms with E-state index in [1.54, 1.807) is 32.8 Å². The number of carbonyl (C=O) groups excluding carboxylic acids is 4. The van der Waals surface area contributed by atoms with E-state index in [9.17, 15) is 34.5 Å². The van der Waals surface area contributed by atoms with Crippen LogP contribution in [0.15, 0.2) is 12.1 Å². The van der Waals surface area contributed by atoms with E-state index in [-0.39, 0.29) is 46.8 Å². The summed E-state index contributed by atoms with van der Waals surface area (Å²) in [4.78, 5) is 54.1. The fourth-order valence-corrected chi connectivity index (χ4v) is 6.63. The molecule has 0 saturated heterocycles. The molecule has 11 heteroatoms. The van der Waals surface area contributed by atoms with Gasteiger partial charge in [0.25, 0.3) is 0 Å². The van der Waals surface area contributed by atoms with E-state index < -0.39 is 59.0 Å². The molecule has 0 amide bonds. The minimum absolute atomic E-state index is 0.00461. The highest BCUT2D eigenvalue weighted by atomic mass is 16.6. The Morgan fingerprint density at radius 1 is 1.02 bits per heavy atom. The maximum atomic E-state index is 14.2. The molecule has 3 N–H and O–H groups in total. The molecular weight excluding hydrogens is 546 g/mol. The van der Waals surface area contributed by atoms with Gasteiger partial charge in [-0.15, -0.1) is 0 Å². The number of hydrogen-bond donors (Lipinski definition) is 3. The molecule has 224 valence electrons. The number of ether oxygens (including phenoxy) is 3. The number of benzene rings is 2. The van der Waals surface area contributed by atoms with Crippen molar-refractivity contribution in [2.45, 2.75) is 76.7 Å². The van der Waals surface area contributed by atoms with Crippen molar-refractivity contribution < 1.29 is 48.7 Å². The highest BCUT2D eigenvalue weighted by molar-refractivity contribution is 6.31. The Hall–Kier alpha value is -3.96. The zero-order chi connectivity index (χ0) is 30.8. The van der Waals surface area contributed by atoms with Crippen molar-refractivity contribution in [3.05, 3.63) is 51.1 Å². The van der Waals surface area contributed by atoms with E-state index in [0.717, 1.165) is 0 Å². The molecule has 5 rings (SSSR count). The first-order valence-corrected chi connectivity index (χ1v) is 13.9. The van der Waals surface area contributed by atoms with Gasteiger partial charge in [0.15, 0.2) is 11.9 Å². The first-order valence-electron chi connectivity index (χ1n) is 13.9. The molecule has 1 heterocycles. The Morgan fingerprint density at radius 2 is 1.69 bits per heavy atom. The van der Waals surface area contributed by atoms with Gasteiger partial charge in [0.1, 0.15) is 30.0 Å². The quantitative estimate of drug-likeness (QED) is 0.390. The maximum absolute atomic E-state index is 14.2. The Bertz CT molecular complexity index is 1520. The van der Waals surface area contributed by atoms with Crippen LogP contribution in [0, 0.1) is 0 Å². The molecule has 0 fully saturated rings. The lowest BCUT2D eigenvalue weighted by molar-refractivity contribution is -0.164. The molecule has 0 saturated carbocycles. The summed E-state index contributed by atoms with van der Waals surface area (Å²) in [6.07, 6.45) is -0.960. The predicted octanol–water partition coefficient (Wildman–Crippen LogP) is 2.40. The van der Waals surface area contributed by atoms with Crippen LogP contribution in [0.5, 0.6) is 17.2 Å². The van der Waals surface area contributed by atoms with E-state index in [4.69, 9.17) is 14.2 Å². The van der Waals surface area contributed by atoms with Crippen LogP contribution in [-0.4, -0.2) is 88.3 Å². The Kier molecular flexibility index (Phi) is 7.31. The van der Waals surface area contributed by atoms with Crippen LogP contribution < -0.4 is 4.74 Å². The first kappa shape index (κ1) is 29.5. The van der Waals surface area contributed by atoms with Gasteiger partial charge in [-0.3, -0.25) is 24.1 Å². The van der Waals surface area contributed by atoms with Crippen molar-refractivity contribution in [3.63, 3.8) is 0 Å². The Morgan fingerprint density at radius 3 is 2.31 bits per heavy atom. The van der Waals surface area contributed by atoms with Gasteiger partial charge in [0.2, 0.25) is 5.78 Å². The predicted molar refractivity (Wildman–Crippen MR) is 148 cm³/mol. The van der Waals surface area contributed by atoms with Gasteiger partial charge in [-0.1, -0.05) is 6.92 Å². The zero-order valence-electron chi connectivity index (χ0n) is 24.4. The van der Waals surface area contributed by atoms with Crippen LogP contribution in [0.2, 0.25) is 0 Å². The summed E-state index contributed by atoms with van der Waals surface area (Å²) in [5, 5.41) is 33.0. The summed E-state index contributed by atoms with van der Waals surface area (Å²) < 4.78 is 17.5. The van der Waals surface area contributed by atoms with Crippen molar-refractivity contribution in [3.8, 4) is 17.2 Å². The summed E-state index contributed by atoms with van der Waals surface area (Å²) in [6.45, 7) is 5.65. The van der Waals surface area contributed by atoms with Crippen molar-refractivity contribution in [1.82, 2.24) is 4.90 Å². The number of esters is 2. The monoisotopic (exact) mass is 581 g/mol. The second-order valence-corrected chi connectivity index (χ2v) is 12.0. The van der Waals surface area contributed by atoms with Crippen LogP contribution in [0.4, 0.5) is 0 Å². The SMILES string of the molecule is CC(=O)O[C@H]1[C@@H](N(C)C)[C@H](OC(C)=O)COc2c(cc(O)c3c2C(=O)c2cc4c(c(O)c2C3=O)CC[C@@](C)(O)C4)[C@H]1C. The molecule has 2 aromatic carbocycles. The topological polar surface area (TPSA) is 160 Å². The molecule has 2 aromatic rings. The van der Waals surface area contributed by atoms with Crippen LogP contribution in [0.25, 0.3) is 0 Å². The van der Waals surface area contributed by atoms with Crippen molar-refractivity contribution >= 4 is 23.5 Å². The van der Waals surface area contributed by atoms with E-state index in [2.05, 4.69) is 0 Å². The zero-order valence-corrected chi connectivity index (χ0v) is 24.4. The summed E-state index contributed by atoms with van der Waals surface area (Å²) in [5.41, 5.74) is -0.444. The number of aromatic hydroxyl groups is 2. The minimum Gasteiger partial charge on any atom is -0.507 e. The average molecular weight is 582 g/mol. The van der Waals surface area contributed by atoms with Gasteiger partial charge in [0.05, 0.1) is 28.3 Å². The minimum atomic E-state index is -1.04. The molecule has 5 atom stereocenters. The van der Waals surface area contributed by atoms with Crippen LogP contribution in [-0.2, 0) is 31.9 Å². The van der Waals surface area contributed by atoms with E-state index in [0.29, 0.717) is 29.5 Å². The molecule has 0 spiro atoms. The third-order valence-corrected chi connectivity index (χ3v) is 8.50. The molecule has 42 heavy (non-hydrogen) atoms. The summed E-state index contributed by atoms with van der Waals surface area (Å²) in [5.74, 6) is -4.08. The van der Waals surface area contributed by atoms with Gasteiger partial charge in [0, 0.05) is 37.3 Å². The molecule has 0 radical (unpaired) electrons. The van der Waals surface area contributed by atoms with E-state index >= 15 is 0 Å². The highest BCUT2D eigenvalue weighted by Crippen LogP contribution is 2.48. The molecule has 0 aromatic heterocycles. The van der Waals surface area contributed by atoms with Crippen molar-refractivity contribution in [2.24, 2.45) is 0 Å². The Balaban J connectivity index is 1.72. The lowest BCUT2D eigenvalue weighted by Gasteiger charge is -2.42. The number of ketones is 2. The number of aliphatic hydroxyl groups is 1. The molecule has 0 bridgehead atoms. The van der Waals surface area contributed by atoms with Gasteiger partial charge in [-0.25, -0.2) is 0 Å². The van der Waals surface area contributed by atoms with E-state index in [1.165, 1.54) is 26.0 Å². The summed E-state index contributed by atoms with van der Waals surface area (Å²) >= 11 is 0. The number of carbonyl (C=O) groups is 4. The number of phenols is 2. The molecule has 11 nitrogen and oxygen atoms in total. The summed E-state index contributed by atoms with van der Waals surface area (Å²) in [6, 6.07) is 2.18. The lowest BCUT2D eigenvalue weighted by Crippen LogP contribution is -2.55. The fraction of sp³-hybridized carbons (Fsp3) is 0.484. The first-order chi connectivity index (χ1) is 19.6. The van der Waals surface area contributed by atoms with Crippen molar-refractivity contribution in [1.29, 1.82) is 0 Å². The normalized spacial score (nSPS) is 26.6. The molecule has 0 unspecified atom stereocenters. The van der Waals surface area contributed by atoms with Gasteiger partial charge < -0.3 is 29.5 Å². The van der Waals surface area contributed by atoms with Crippen LogP contribution in [0.3, 0.4) is 0 Å². The molecule has 3 aliphatic rings. The lowest BCUT2D eigenvalue weighted by atomic mass is 9.74. The second kappa shape index (κ2) is 10.4. The number of likely N-dealkylation sites (N-methyl/N-ethyl adjacent to an activating group) is 1. The maximum Gasteiger partial charge on any atom is 0.303 e. The number of hydrogen-bond acceptors (Lipinski definition) is 11. The third-order valence-electron chi connectivity index (χ3n) is 8.50. The van der Waals surface area contributed by atoms with Crippen LogP contribution in [0.1, 0.15) is 88.6 Å². The summed E-state index contributed by atoms with van der Waals surface area (Å²) in [7, 11) is 3.47. The number of phenolic OH excluding ortho intramolecular Hbond substituents is 2. The largest absolute Gasteiger partial charge is 0.507 e. The number of rotatable bonds is 3. The standard InChI is InChI=1S/C31H35NO10/c1-13-18-10-20(35)23-24(30(18)40-12-21(41-14(2)33)25(32(5)6)29(13)42-15(3)34)27(37)19-9-16-11-31(4,39)8-7-17(16)26(36)22(19)28(23)38/h9-10,13,21,25,29,35-36,39H,7-8,11-12H2,1-6H3/t13-,21-,25+,29-,31-/m1/s1.